The number of hydrogen-bond donors (Lipinski definition) is 0. The zero-order chi connectivity index (χ0) is 11.0. The Labute approximate surface area is 95.1 Å². The average Bonchev–Trinajstić information content (AvgIpc) is 2.55. The molecule has 0 radical (unpaired) electrons. The van der Waals surface area contributed by atoms with Crippen LogP contribution >= 0.6 is 11.6 Å². The molecule has 0 aromatic heterocycles. The predicted octanol–water partition coefficient (Wildman–Crippen LogP) is 3.18. The minimum absolute atomic E-state index is 0.0325. The number of alkyl halides is 1. The van der Waals surface area contributed by atoms with Gasteiger partial charge in [0.15, 0.2) is 0 Å². The predicted molar refractivity (Wildman–Crippen MR) is 61.0 cm³/mol. The first-order valence-electron chi connectivity index (χ1n) is 5.06. The molecule has 0 fully saturated rings. The normalized spacial score (nSPS) is 23.7. The number of hydrogen-bond acceptors (Lipinski definition) is 2. The van der Waals surface area contributed by atoms with Gasteiger partial charge in [0.2, 0.25) is 0 Å². The molecular weight excluding hydrogens is 212 g/mol. The molecule has 2 atom stereocenters. The van der Waals surface area contributed by atoms with E-state index in [0.29, 0.717) is 5.92 Å². The molecule has 0 bridgehead atoms. The fourth-order valence-corrected chi connectivity index (χ4v) is 2.54. The number of ether oxygens (including phenoxy) is 2. The Kier molecular flexibility index (Phi) is 2.79. The Morgan fingerprint density at radius 2 is 1.80 bits per heavy atom. The molecule has 1 aliphatic carbocycles. The van der Waals surface area contributed by atoms with E-state index in [4.69, 9.17) is 21.1 Å². The quantitative estimate of drug-likeness (QED) is 0.722. The highest BCUT2D eigenvalue weighted by atomic mass is 35.5. The topological polar surface area (TPSA) is 18.5 Å². The van der Waals surface area contributed by atoms with Crippen molar-refractivity contribution in [3.8, 4) is 11.5 Å². The maximum absolute atomic E-state index is 6.37. The fourth-order valence-electron chi connectivity index (χ4n) is 2.22. The van der Waals surface area contributed by atoms with Crippen LogP contribution in [0.3, 0.4) is 0 Å². The molecule has 0 spiro atoms. The van der Waals surface area contributed by atoms with E-state index in [2.05, 4.69) is 6.92 Å². The van der Waals surface area contributed by atoms with Crippen molar-refractivity contribution in [3.05, 3.63) is 23.3 Å². The zero-order valence-corrected chi connectivity index (χ0v) is 9.97. The van der Waals surface area contributed by atoms with Crippen LogP contribution in [0.4, 0.5) is 0 Å². The van der Waals surface area contributed by atoms with Crippen LogP contribution in [0.25, 0.3) is 0 Å². The van der Waals surface area contributed by atoms with E-state index >= 15 is 0 Å². The van der Waals surface area contributed by atoms with Crippen LogP contribution in [-0.2, 0) is 6.42 Å². The van der Waals surface area contributed by atoms with Gasteiger partial charge in [-0.05, 0) is 24.5 Å². The Bertz CT molecular complexity index is 376. The number of methoxy groups -OCH3 is 2. The maximum Gasteiger partial charge on any atom is 0.124 e. The molecule has 0 heterocycles. The molecule has 0 saturated carbocycles. The minimum atomic E-state index is 0.0325. The smallest absolute Gasteiger partial charge is 0.124 e. The van der Waals surface area contributed by atoms with E-state index in [1.165, 1.54) is 5.56 Å². The largest absolute Gasteiger partial charge is 0.496 e. The summed E-state index contributed by atoms with van der Waals surface area (Å²) >= 11 is 6.37. The van der Waals surface area contributed by atoms with Crippen molar-refractivity contribution in [2.45, 2.75) is 18.7 Å². The van der Waals surface area contributed by atoms with Gasteiger partial charge in [-0.25, -0.2) is 0 Å². The molecule has 3 heteroatoms. The molecule has 15 heavy (non-hydrogen) atoms. The van der Waals surface area contributed by atoms with Crippen LogP contribution in [0.2, 0.25) is 0 Å². The van der Waals surface area contributed by atoms with Crippen LogP contribution in [0.1, 0.15) is 23.4 Å². The number of fused-ring (bicyclic) bond motifs is 1. The van der Waals surface area contributed by atoms with E-state index in [1.807, 2.05) is 12.1 Å². The van der Waals surface area contributed by atoms with Gasteiger partial charge in [-0.3, -0.25) is 0 Å². The van der Waals surface area contributed by atoms with Crippen molar-refractivity contribution >= 4 is 11.6 Å². The van der Waals surface area contributed by atoms with Crippen LogP contribution in [0, 0.1) is 5.92 Å². The van der Waals surface area contributed by atoms with Crippen LogP contribution < -0.4 is 9.47 Å². The molecule has 1 aromatic rings. The van der Waals surface area contributed by atoms with E-state index < -0.39 is 0 Å². The van der Waals surface area contributed by atoms with Gasteiger partial charge in [0, 0.05) is 11.1 Å². The Hall–Kier alpha value is -0.890. The first-order valence-corrected chi connectivity index (χ1v) is 5.50. The van der Waals surface area contributed by atoms with Gasteiger partial charge in [0.05, 0.1) is 19.6 Å². The van der Waals surface area contributed by atoms with Gasteiger partial charge in [-0.2, -0.15) is 0 Å². The summed E-state index contributed by atoms with van der Waals surface area (Å²) in [4.78, 5) is 0. The Balaban J connectivity index is 2.57. The molecule has 2 rings (SSSR count). The standard InChI is InChI=1S/C12H15ClO2/c1-7-6-8-9(14-2)4-5-10(15-3)11(8)12(7)13/h4-5,7,12H,6H2,1-3H3. The lowest BCUT2D eigenvalue weighted by Crippen LogP contribution is -1.97. The van der Waals surface area contributed by atoms with E-state index in [9.17, 15) is 0 Å². The summed E-state index contributed by atoms with van der Waals surface area (Å²) in [5.41, 5.74) is 2.30. The third kappa shape index (κ3) is 1.57. The average molecular weight is 227 g/mol. The van der Waals surface area contributed by atoms with E-state index in [-0.39, 0.29) is 5.38 Å². The summed E-state index contributed by atoms with van der Waals surface area (Å²) < 4.78 is 10.7. The highest BCUT2D eigenvalue weighted by molar-refractivity contribution is 6.21. The van der Waals surface area contributed by atoms with E-state index in [1.54, 1.807) is 14.2 Å². The molecule has 0 amide bonds. The molecule has 1 aromatic carbocycles. The van der Waals surface area contributed by atoms with Gasteiger partial charge in [0.1, 0.15) is 11.5 Å². The lowest BCUT2D eigenvalue weighted by atomic mass is 10.1. The van der Waals surface area contributed by atoms with Gasteiger partial charge in [-0.1, -0.05) is 6.92 Å². The second-order valence-electron chi connectivity index (χ2n) is 3.95. The van der Waals surface area contributed by atoms with Crippen molar-refractivity contribution in [1.82, 2.24) is 0 Å². The van der Waals surface area contributed by atoms with Crippen molar-refractivity contribution in [2.75, 3.05) is 14.2 Å². The molecule has 82 valence electrons. The van der Waals surface area contributed by atoms with Crippen molar-refractivity contribution in [3.63, 3.8) is 0 Å². The third-order valence-electron chi connectivity index (χ3n) is 3.02. The number of benzene rings is 1. The highest BCUT2D eigenvalue weighted by Crippen LogP contribution is 2.48. The highest BCUT2D eigenvalue weighted by Gasteiger charge is 2.33. The number of rotatable bonds is 2. The molecule has 2 nitrogen and oxygen atoms in total. The second kappa shape index (κ2) is 3.93. The van der Waals surface area contributed by atoms with Crippen molar-refractivity contribution in [1.29, 1.82) is 0 Å². The van der Waals surface area contributed by atoms with Gasteiger partial charge in [0.25, 0.3) is 0 Å². The lowest BCUT2D eigenvalue weighted by Gasteiger charge is -2.13. The summed E-state index contributed by atoms with van der Waals surface area (Å²) in [5, 5.41) is 0.0325. The summed E-state index contributed by atoms with van der Waals surface area (Å²) in [6, 6.07) is 3.87. The molecular formula is C12H15ClO2. The summed E-state index contributed by atoms with van der Waals surface area (Å²) in [6.45, 7) is 2.15. The lowest BCUT2D eigenvalue weighted by molar-refractivity contribution is 0.397. The van der Waals surface area contributed by atoms with Crippen LogP contribution in [-0.4, -0.2) is 14.2 Å². The molecule has 0 saturated heterocycles. The summed E-state index contributed by atoms with van der Waals surface area (Å²) in [7, 11) is 3.36. The van der Waals surface area contributed by atoms with E-state index in [0.717, 1.165) is 23.5 Å². The first kappa shape index (κ1) is 10.6. The summed E-state index contributed by atoms with van der Waals surface area (Å²) in [5.74, 6) is 2.22. The molecule has 0 aliphatic heterocycles. The van der Waals surface area contributed by atoms with Crippen LogP contribution in [0.5, 0.6) is 11.5 Å². The molecule has 1 aliphatic rings. The van der Waals surface area contributed by atoms with Crippen LogP contribution in [0.15, 0.2) is 12.1 Å². The SMILES string of the molecule is COc1ccc(OC)c2c1CC(C)C2Cl. The Morgan fingerprint density at radius 1 is 1.20 bits per heavy atom. The molecule has 0 N–H and O–H groups in total. The van der Waals surface area contributed by atoms with Gasteiger partial charge >= 0.3 is 0 Å². The molecule has 2 unspecified atom stereocenters. The maximum atomic E-state index is 6.37. The second-order valence-corrected chi connectivity index (χ2v) is 4.42. The first-order chi connectivity index (χ1) is 7.19. The minimum Gasteiger partial charge on any atom is -0.496 e. The number of halogens is 1. The monoisotopic (exact) mass is 226 g/mol. The van der Waals surface area contributed by atoms with Gasteiger partial charge in [-0.15, -0.1) is 11.6 Å². The fraction of sp³-hybridized carbons (Fsp3) is 0.500. The van der Waals surface area contributed by atoms with Crippen molar-refractivity contribution < 1.29 is 9.47 Å². The third-order valence-corrected chi connectivity index (χ3v) is 3.66. The van der Waals surface area contributed by atoms with Crippen molar-refractivity contribution in [2.24, 2.45) is 5.92 Å². The summed E-state index contributed by atoms with van der Waals surface area (Å²) in [6.07, 6.45) is 0.962. The Morgan fingerprint density at radius 3 is 2.40 bits per heavy atom. The zero-order valence-electron chi connectivity index (χ0n) is 9.21. The van der Waals surface area contributed by atoms with Gasteiger partial charge < -0.3 is 9.47 Å².